The van der Waals surface area contributed by atoms with Gasteiger partial charge in [0.25, 0.3) is 5.91 Å². The number of anilines is 1. The van der Waals surface area contributed by atoms with E-state index in [9.17, 15) is 22.8 Å². The lowest BCUT2D eigenvalue weighted by molar-refractivity contribution is 0.0561. The number of hydrogen-bond donors (Lipinski definition) is 2. The number of amides is 3. The zero-order chi connectivity index (χ0) is 33.9. The molecule has 14 heteroatoms. The van der Waals surface area contributed by atoms with E-state index < -0.39 is 33.4 Å². The minimum absolute atomic E-state index is 0.146. The van der Waals surface area contributed by atoms with Crippen LogP contribution >= 0.6 is 11.6 Å². The zero-order valence-corrected chi connectivity index (χ0v) is 28.2. The lowest BCUT2D eigenvalue weighted by Gasteiger charge is -2.34. The van der Waals surface area contributed by atoms with Gasteiger partial charge in [0.1, 0.15) is 11.2 Å². The molecule has 0 aromatic heterocycles. The summed E-state index contributed by atoms with van der Waals surface area (Å²) in [5, 5.41) is 7.43. The van der Waals surface area contributed by atoms with Crippen molar-refractivity contribution >= 4 is 62.1 Å². The van der Waals surface area contributed by atoms with Crippen LogP contribution in [0.15, 0.2) is 70.6 Å². The highest BCUT2D eigenvalue weighted by Crippen LogP contribution is 2.25. The third-order valence-electron chi connectivity index (χ3n) is 6.55. The molecule has 246 valence electrons. The first-order chi connectivity index (χ1) is 21.4. The van der Waals surface area contributed by atoms with E-state index in [1.54, 1.807) is 107 Å². The molecule has 0 atom stereocenters. The smallest absolute Gasteiger partial charge is 0.437 e. The standard InChI is InChI=1S/C32H38ClN5O7S/c1-31(2,3)44-29(40)35-28(36-30(41)45-32(4,5)6)34-25-12-8-21(9-13-25)27(39)37-15-17-38(18-16-37)46(42,43)26-14-10-22-19-24(33)11-7-23(22)20-26/h7-14,19-20H,15-18H2,1-6H3,(H2,34,35,36,40,41). The number of carbonyl (C=O) groups excluding carboxylic acids is 3. The summed E-state index contributed by atoms with van der Waals surface area (Å²) in [5.41, 5.74) is -0.796. The van der Waals surface area contributed by atoms with Crippen LogP contribution in [-0.4, -0.2) is 79.1 Å². The van der Waals surface area contributed by atoms with E-state index in [0.717, 1.165) is 10.8 Å². The van der Waals surface area contributed by atoms with Gasteiger partial charge in [0.2, 0.25) is 16.0 Å². The van der Waals surface area contributed by atoms with Crippen molar-refractivity contribution in [1.29, 1.82) is 0 Å². The topological polar surface area (TPSA) is 147 Å². The minimum atomic E-state index is -3.76. The van der Waals surface area contributed by atoms with Gasteiger partial charge < -0.3 is 19.7 Å². The fraction of sp³-hybridized carbons (Fsp3) is 0.375. The van der Waals surface area contributed by atoms with Gasteiger partial charge in [0.05, 0.1) is 4.90 Å². The van der Waals surface area contributed by atoms with Gasteiger partial charge in [-0.3, -0.25) is 10.1 Å². The number of guanidine groups is 1. The molecular formula is C32H38ClN5O7S. The number of alkyl carbamates (subject to hydrolysis) is 1. The maximum Gasteiger partial charge on any atom is 0.437 e. The molecule has 0 spiro atoms. The number of hydrogen-bond acceptors (Lipinski definition) is 7. The monoisotopic (exact) mass is 671 g/mol. The second-order valence-electron chi connectivity index (χ2n) is 12.6. The molecule has 1 heterocycles. The SMILES string of the molecule is CC(C)(C)OC(=O)/N=C(/NC(=O)OC(C)(C)C)Nc1ccc(C(=O)N2CCN(S(=O)(=O)c3ccc4cc(Cl)ccc4c3)CC2)cc1. The number of nitrogens with zero attached hydrogens (tertiary/aromatic N) is 3. The van der Waals surface area contributed by atoms with Crippen molar-refractivity contribution < 1.29 is 32.3 Å². The Labute approximate surface area is 273 Å². The van der Waals surface area contributed by atoms with E-state index in [-0.39, 0.29) is 42.9 Å². The number of benzene rings is 3. The normalized spacial score (nSPS) is 14.9. The van der Waals surface area contributed by atoms with Crippen molar-refractivity contribution in [3.05, 3.63) is 71.2 Å². The Morgan fingerprint density at radius 1 is 0.804 bits per heavy atom. The van der Waals surface area contributed by atoms with Crippen molar-refractivity contribution in [2.24, 2.45) is 4.99 Å². The van der Waals surface area contributed by atoms with Crippen LogP contribution in [-0.2, 0) is 19.5 Å². The molecule has 3 aromatic carbocycles. The second kappa shape index (κ2) is 13.7. The van der Waals surface area contributed by atoms with Gasteiger partial charge >= 0.3 is 12.2 Å². The molecule has 0 radical (unpaired) electrons. The van der Waals surface area contributed by atoms with Crippen LogP contribution in [0.4, 0.5) is 15.3 Å². The Bertz CT molecular complexity index is 1760. The minimum Gasteiger partial charge on any atom is -0.444 e. The van der Waals surface area contributed by atoms with Gasteiger partial charge in [-0.05, 0) is 101 Å². The largest absolute Gasteiger partial charge is 0.444 e. The number of carbonyl (C=O) groups is 3. The van der Waals surface area contributed by atoms with Crippen LogP contribution in [0.25, 0.3) is 10.8 Å². The molecule has 0 unspecified atom stereocenters. The van der Waals surface area contributed by atoms with Gasteiger partial charge in [0, 0.05) is 42.5 Å². The summed E-state index contributed by atoms with van der Waals surface area (Å²) in [5.74, 6) is -0.490. The maximum atomic E-state index is 13.4. The molecule has 2 N–H and O–H groups in total. The molecule has 1 saturated heterocycles. The Kier molecular flexibility index (Phi) is 10.3. The number of ether oxygens (including phenoxy) is 2. The van der Waals surface area contributed by atoms with Crippen molar-refractivity contribution in [3.63, 3.8) is 0 Å². The molecule has 12 nitrogen and oxygen atoms in total. The number of nitrogens with one attached hydrogen (secondary N) is 2. The first-order valence-corrected chi connectivity index (χ1v) is 16.4. The summed E-state index contributed by atoms with van der Waals surface area (Å²) in [6, 6.07) is 16.5. The van der Waals surface area contributed by atoms with Crippen molar-refractivity contribution in [2.45, 2.75) is 57.6 Å². The van der Waals surface area contributed by atoms with Crippen LogP contribution in [0.1, 0.15) is 51.9 Å². The Hall–Kier alpha value is -4.20. The van der Waals surface area contributed by atoms with Gasteiger partial charge in [-0.25, -0.2) is 18.0 Å². The fourth-order valence-electron chi connectivity index (χ4n) is 4.51. The van der Waals surface area contributed by atoms with Gasteiger partial charge in [-0.2, -0.15) is 4.31 Å². The third kappa shape index (κ3) is 9.41. The molecule has 4 rings (SSSR count). The molecule has 0 aliphatic carbocycles. The molecule has 1 aliphatic rings. The van der Waals surface area contributed by atoms with Crippen LogP contribution in [0.2, 0.25) is 5.02 Å². The summed E-state index contributed by atoms with van der Waals surface area (Å²) in [6.45, 7) is 10.9. The maximum absolute atomic E-state index is 13.4. The lowest BCUT2D eigenvalue weighted by Crippen LogP contribution is -2.50. The molecular weight excluding hydrogens is 634 g/mol. The van der Waals surface area contributed by atoms with E-state index in [4.69, 9.17) is 21.1 Å². The van der Waals surface area contributed by atoms with Crippen LogP contribution in [0.3, 0.4) is 0 Å². The van der Waals surface area contributed by atoms with Crippen molar-refractivity contribution in [2.75, 3.05) is 31.5 Å². The third-order valence-corrected chi connectivity index (χ3v) is 8.68. The number of aliphatic imine (C=N–C) groups is 1. The summed E-state index contributed by atoms with van der Waals surface area (Å²) < 4.78 is 38.6. The van der Waals surface area contributed by atoms with E-state index in [1.807, 2.05) is 0 Å². The van der Waals surface area contributed by atoms with E-state index in [0.29, 0.717) is 16.3 Å². The van der Waals surface area contributed by atoms with Gasteiger partial charge in [0.15, 0.2) is 0 Å². The summed E-state index contributed by atoms with van der Waals surface area (Å²) in [7, 11) is -3.76. The second-order valence-corrected chi connectivity index (χ2v) is 15.0. The Balaban J connectivity index is 1.40. The molecule has 0 saturated carbocycles. The molecule has 1 aliphatic heterocycles. The summed E-state index contributed by atoms with van der Waals surface area (Å²) in [4.78, 5) is 43.6. The lowest BCUT2D eigenvalue weighted by atomic mass is 10.1. The van der Waals surface area contributed by atoms with Crippen molar-refractivity contribution in [1.82, 2.24) is 14.5 Å². The predicted molar refractivity (Wildman–Crippen MR) is 177 cm³/mol. The highest BCUT2D eigenvalue weighted by Gasteiger charge is 2.31. The van der Waals surface area contributed by atoms with Crippen LogP contribution in [0.5, 0.6) is 0 Å². The molecule has 0 bridgehead atoms. The van der Waals surface area contributed by atoms with Crippen molar-refractivity contribution in [3.8, 4) is 0 Å². The fourth-order valence-corrected chi connectivity index (χ4v) is 6.15. The van der Waals surface area contributed by atoms with Gasteiger partial charge in [-0.15, -0.1) is 4.99 Å². The predicted octanol–water partition coefficient (Wildman–Crippen LogP) is 5.87. The van der Waals surface area contributed by atoms with E-state index in [2.05, 4.69) is 15.6 Å². The number of sulfonamides is 1. The van der Waals surface area contributed by atoms with Crippen LogP contribution < -0.4 is 10.6 Å². The van der Waals surface area contributed by atoms with E-state index in [1.165, 1.54) is 4.31 Å². The average molecular weight is 672 g/mol. The molecule has 1 fully saturated rings. The number of fused-ring (bicyclic) bond motifs is 1. The Morgan fingerprint density at radius 3 is 2.00 bits per heavy atom. The molecule has 3 aromatic rings. The number of rotatable bonds is 4. The number of halogens is 1. The first kappa shape index (κ1) is 34.7. The summed E-state index contributed by atoms with van der Waals surface area (Å²) in [6.07, 6.45) is -1.76. The molecule has 3 amide bonds. The Morgan fingerprint density at radius 2 is 1.39 bits per heavy atom. The molecule has 46 heavy (non-hydrogen) atoms. The van der Waals surface area contributed by atoms with E-state index >= 15 is 0 Å². The highest BCUT2D eigenvalue weighted by molar-refractivity contribution is 7.89. The zero-order valence-electron chi connectivity index (χ0n) is 26.6. The average Bonchev–Trinajstić information content (AvgIpc) is 2.95. The first-order valence-electron chi connectivity index (χ1n) is 14.6. The number of piperazine rings is 1. The van der Waals surface area contributed by atoms with Crippen LogP contribution in [0, 0.1) is 0 Å². The highest BCUT2D eigenvalue weighted by atomic mass is 35.5. The van der Waals surface area contributed by atoms with Gasteiger partial charge in [-0.1, -0.05) is 23.7 Å². The quantitative estimate of drug-likeness (QED) is 0.259. The summed E-state index contributed by atoms with van der Waals surface area (Å²) >= 11 is 6.05.